The van der Waals surface area contributed by atoms with Gasteiger partial charge in [0.2, 0.25) is 0 Å². The molecule has 0 aromatic heterocycles. The van der Waals surface area contributed by atoms with E-state index in [9.17, 15) is 4.79 Å². The Morgan fingerprint density at radius 1 is 0.960 bits per heavy atom. The summed E-state index contributed by atoms with van der Waals surface area (Å²) in [6.45, 7) is -0.0490. The van der Waals surface area contributed by atoms with Crippen molar-refractivity contribution in [2.45, 2.75) is 31.8 Å². The summed E-state index contributed by atoms with van der Waals surface area (Å²) in [6, 6.07) is 14.6. The van der Waals surface area contributed by atoms with Crippen molar-refractivity contribution in [2.75, 3.05) is 19.0 Å². The second-order valence-corrected chi connectivity index (χ2v) is 6.06. The van der Waals surface area contributed by atoms with Crippen LogP contribution in [0.25, 0.3) is 0 Å². The Morgan fingerprint density at radius 2 is 1.56 bits per heavy atom. The Hall–Kier alpha value is -2.69. The fraction of sp³-hybridized carbons (Fsp3) is 0.350. The second kappa shape index (κ2) is 8.42. The predicted octanol–water partition coefficient (Wildman–Crippen LogP) is 4.03. The summed E-state index contributed by atoms with van der Waals surface area (Å²) in [5.74, 6) is 2.01. The van der Waals surface area contributed by atoms with Crippen molar-refractivity contribution >= 4 is 11.6 Å². The highest BCUT2D eigenvalue weighted by Crippen LogP contribution is 2.25. The van der Waals surface area contributed by atoms with Crippen molar-refractivity contribution < 1.29 is 19.0 Å². The second-order valence-electron chi connectivity index (χ2n) is 6.06. The Balaban J connectivity index is 1.45. The topological polar surface area (TPSA) is 56.8 Å². The molecule has 0 saturated heterocycles. The van der Waals surface area contributed by atoms with Gasteiger partial charge < -0.3 is 19.5 Å². The predicted molar refractivity (Wildman–Crippen MR) is 96.4 cm³/mol. The van der Waals surface area contributed by atoms with Crippen molar-refractivity contribution in [2.24, 2.45) is 0 Å². The molecular weight excluding hydrogens is 318 g/mol. The summed E-state index contributed by atoms with van der Waals surface area (Å²) >= 11 is 0. The van der Waals surface area contributed by atoms with Crippen molar-refractivity contribution in [3.8, 4) is 17.2 Å². The number of benzene rings is 2. The van der Waals surface area contributed by atoms with Gasteiger partial charge >= 0.3 is 0 Å². The first-order valence-corrected chi connectivity index (χ1v) is 8.56. The van der Waals surface area contributed by atoms with Gasteiger partial charge in [-0.15, -0.1) is 0 Å². The normalized spacial score (nSPS) is 14.1. The largest absolute Gasteiger partial charge is 0.497 e. The van der Waals surface area contributed by atoms with Crippen molar-refractivity contribution in [3.05, 3.63) is 48.5 Å². The highest BCUT2D eigenvalue weighted by Gasteiger charge is 2.16. The van der Waals surface area contributed by atoms with Crippen LogP contribution in [0.15, 0.2) is 48.5 Å². The van der Waals surface area contributed by atoms with E-state index < -0.39 is 0 Å². The van der Waals surface area contributed by atoms with Crippen LogP contribution in [-0.2, 0) is 4.79 Å². The molecule has 2 aromatic rings. The minimum absolute atomic E-state index is 0.0490. The monoisotopic (exact) mass is 341 g/mol. The van der Waals surface area contributed by atoms with E-state index >= 15 is 0 Å². The molecule has 0 spiro atoms. The number of carbonyl (C=O) groups excluding carboxylic acids is 1. The molecule has 1 N–H and O–H groups in total. The fourth-order valence-corrected chi connectivity index (χ4v) is 2.83. The Morgan fingerprint density at radius 3 is 2.20 bits per heavy atom. The first kappa shape index (κ1) is 17.1. The fourth-order valence-electron chi connectivity index (χ4n) is 2.83. The van der Waals surface area contributed by atoms with E-state index in [1.807, 2.05) is 24.3 Å². The number of methoxy groups -OCH3 is 1. The molecule has 1 aliphatic rings. The summed E-state index contributed by atoms with van der Waals surface area (Å²) in [6.07, 6.45) is 5.07. The Labute approximate surface area is 147 Å². The lowest BCUT2D eigenvalue weighted by atomic mass is 10.2. The van der Waals surface area contributed by atoms with Gasteiger partial charge in [0, 0.05) is 5.69 Å². The highest BCUT2D eigenvalue weighted by atomic mass is 16.5. The van der Waals surface area contributed by atoms with Crippen molar-refractivity contribution in [3.63, 3.8) is 0 Å². The quantitative estimate of drug-likeness (QED) is 0.826. The smallest absolute Gasteiger partial charge is 0.262 e. The molecule has 132 valence electrons. The van der Waals surface area contributed by atoms with Gasteiger partial charge in [-0.3, -0.25) is 4.79 Å². The van der Waals surface area contributed by atoms with Crippen LogP contribution in [0.5, 0.6) is 17.2 Å². The number of anilines is 1. The van der Waals surface area contributed by atoms with Gasteiger partial charge in [0.1, 0.15) is 17.2 Å². The van der Waals surface area contributed by atoms with E-state index in [0.717, 1.165) is 30.0 Å². The van der Waals surface area contributed by atoms with E-state index in [0.29, 0.717) is 11.9 Å². The average molecular weight is 341 g/mol. The molecular formula is C20H23NO4. The van der Waals surface area contributed by atoms with Crippen LogP contribution in [0.2, 0.25) is 0 Å². The van der Waals surface area contributed by atoms with Crippen LogP contribution in [0.3, 0.4) is 0 Å². The molecule has 3 rings (SSSR count). The lowest BCUT2D eigenvalue weighted by Gasteiger charge is -2.13. The summed E-state index contributed by atoms with van der Waals surface area (Å²) in [4.78, 5) is 12.0. The zero-order chi connectivity index (χ0) is 17.5. The van der Waals surface area contributed by atoms with Gasteiger partial charge in [0.15, 0.2) is 6.61 Å². The van der Waals surface area contributed by atoms with Crippen LogP contribution in [0, 0.1) is 0 Å². The molecule has 2 aromatic carbocycles. The molecule has 5 nitrogen and oxygen atoms in total. The molecule has 0 aliphatic heterocycles. The maximum absolute atomic E-state index is 12.0. The van der Waals surface area contributed by atoms with Crippen LogP contribution in [-0.4, -0.2) is 25.7 Å². The Kier molecular flexibility index (Phi) is 5.77. The van der Waals surface area contributed by atoms with Crippen molar-refractivity contribution in [1.82, 2.24) is 0 Å². The summed E-state index contributed by atoms with van der Waals surface area (Å²) in [7, 11) is 1.60. The minimum atomic E-state index is -0.208. The van der Waals surface area contributed by atoms with E-state index in [1.165, 1.54) is 12.8 Å². The number of ether oxygens (including phenoxy) is 3. The first-order valence-electron chi connectivity index (χ1n) is 8.56. The van der Waals surface area contributed by atoms with Crippen LogP contribution in [0.4, 0.5) is 5.69 Å². The van der Waals surface area contributed by atoms with Gasteiger partial charge in [0.05, 0.1) is 13.2 Å². The number of nitrogens with one attached hydrogen (secondary N) is 1. The molecule has 5 heteroatoms. The SMILES string of the molecule is COc1ccc(OCC(=O)Nc2ccc(OC3CCCC3)cc2)cc1. The zero-order valence-corrected chi connectivity index (χ0v) is 14.4. The molecule has 0 heterocycles. The number of hydrogen-bond acceptors (Lipinski definition) is 4. The van der Waals surface area contributed by atoms with E-state index in [2.05, 4.69) is 5.32 Å². The lowest BCUT2D eigenvalue weighted by molar-refractivity contribution is -0.118. The van der Waals surface area contributed by atoms with Gasteiger partial charge in [-0.2, -0.15) is 0 Å². The third kappa shape index (κ3) is 5.14. The van der Waals surface area contributed by atoms with Gasteiger partial charge in [-0.05, 0) is 74.2 Å². The van der Waals surface area contributed by atoms with Crippen LogP contribution in [0.1, 0.15) is 25.7 Å². The van der Waals surface area contributed by atoms with Crippen LogP contribution < -0.4 is 19.5 Å². The van der Waals surface area contributed by atoms with E-state index in [1.54, 1.807) is 31.4 Å². The molecule has 0 atom stereocenters. The molecule has 25 heavy (non-hydrogen) atoms. The molecule has 0 unspecified atom stereocenters. The maximum Gasteiger partial charge on any atom is 0.262 e. The van der Waals surface area contributed by atoms with Gasteiger partial charge in [-0.25, -0.2) is 0 Å². The number of amides is 1. The average Bonchev–Trinajstić information content (AvgIpc) is 3.15. The number of carbonyl (C=O) groups is 1. The molecule has 1 saturated carbocycles. The molecule has 1 aliphatic carbocycles. The third-order valence-electron chi connectivity index (χ3n) is 4.17. The molecule has 0 radical (unpaired) electrons. The lowest BCUT2D eigenvalue weighted by Crippen LogP contribution is -2.20. The summed E-state index contributed by atoms with van der Waals surface area (Å²) in [5, 5.41) is 2.81. The van der Waals surface area contributed by atoms with Crippen LogP contribution >= 0.6 is 0 Å². The Bertz CT molecular complexity index is 676. The summed E-state index contributed by atoms with van der Waals surface area (Å²) in [5.41, 5.74) is 0.724. The molecule has 1 fully saturated rings. The minimum Gasteiger partial charge on any atom is -0.497 e. The van der Waals surface area contributed by atoms with E-state index in [4.69, 9.17) is 14.2 Å². The van der Waals surface area contributed by atoms with Gasteiger partial charge in [0.25, 0.3) is 5.91 Å². The van der Waals surface area contributed by atoms with Gasteiger partial charge in [-0.1, -0.05) is 0 Å². The zero-order valence-electron chi connectivity index (χ0n) is 14.4. The third-order valence-corrected chi connectivity index (χ3v) is 4.17. The number of hydrogen-bond donors (Lipinski definition) is 1. The number of rotatable bonds is 7. The molecule has 1 amide bonds. The summed E-state index contributed by atoms with van der Waals surface area (Å²) < 4.78 is 16.5. The first-order chi connectivity index (χ1) is 12.2. The van der Waals surface area contributed by atoms with Crippen molar-refractivity contribution in [1.29, 1.82) is 0 Å². The maximum atomic E-state index is 12.0. The standard InChI is InChI=1S/C20H23NO4/c1-23-16-10-12-17(13-11-16)24-14-20(22)21-15-6-8-19(9-7-15)25-18-4-2-3-5-18/h6-13,18H,2-5,14H2,1H3,(H,21,22). The van der Waals surface area contributed by atoms with E-state index in [-0.39, 0.29) is 12.5 Å². The highest BCUT2D eigenvalue weighted by molar-refractivity contribution is 5.91. The molecule has 0 bridgehead atoms.